The predicted molar refractivity (Wildman–Crippen MR) is 75.4 cm³/mol. The van der Waals surface area contributed by atoms with E-state index in [1.54, 1.807) is 24.3 Å². The molecule has 1 amide bonds. The number of carbonyl (C=O) groups excluding carboxylic acids is 1. The number of hydrogen-bond acceptors (Lipinski definition) is 4. The van der Waals surface area contributed by atoms with E-state index in [4.69, 9.17) is 9.84 Å². The van der Waals surface area contributed by atoms with Crippen molar-refractivity contribution in [2.24, 2.45) is 0 Å². The molecule has 1 heterocycles. The quantitative estimate of drug-likeness (QED) is 0.842. The second-order valence-corrected chi connectivity index (χ2v) is 4.24. The van der Waals surface area contributed by atoms with E-state index in [-0.39, 0.29) is 18.9 Å². The average molecular weight is 289 g/mol. The lowest BCUT2D eigenvalue weighted by Crippen LogP contribution is -2.19. The molecule has 2 N–H and O–H groups in total. The summed E-state index contributed by atoms with van der Waals surface area (Å²) in [6, 6.07) is 8.56. The average Bonchev–Trinajstić information content (AvgIpc) is 2.94. The summed E-state index contributed by atoms with van der Waals surface area (Å²) < 4.78 is 6.52. The number of rotatable bonds is 6. The fourth-order valence-corrected chi connectivity index (χ4v) is 1.84. The van der Waals surface area contributed by atoms with Gasteiger partial charge in [-0.25, -0.2) is 0 Å². The minimum Gasteiger partial charge on any atom is -0.495 e. The van der Waals surface area contributed by atoms with Gasteiger partial charge in [0.05, 0.1) is 25.8 Å². The first kappa shape index (κ1) is 14.6. The third-order valence-corrected chi connectivity index (χ3v) is 2.84. The number of anilines is 1. The number of aliphatic carboxylic acids is 1. The molecule has 7 nitrogen and oxygen atoms in total. The van der Waals surface area contributed by atoms with Crippen LogP contribution in [0.4, 0.5) is 5.69 Å². The van der Waals surface area contributed by atoms with Gasteiger partial charge in [-0.15, -0.1) is 0 Å². The molecule has 0 spiro atoms. The molecule has 0 aliphatic carbocycles. The molecule has 110 valence electrons. The molecular weight excluding hydrogens is 274 g/mol. The first-order valence-electron chi connectivity index (χ1n) is 6.30. The van der Waals surface area contributed by atoms with Gasteiger partial charge in [0.1, 0.15) is 11.4 Å². The van der Waals surface area contributed by atoms with Crippen molar-refractivity contribution >= 4 is 17.6 Å². The molecule has 0 bridgehead atoms. The number of hydrogen-bond donors (Lipinski definition) is 2. The summed E-state index contributed by atoms with van der Waals surface area (Å²) in [5.74, 6) is -0.772. The zero-order valence-corrected chi connectivity index (χ0v) is 11.4. The number of carboxylic acids is 1. The Morgan fingerprint density at radius 3 is 2.81 bits per heavy atom. The molecule has 0 saturated heterocycles. The van der Waals surface area contributed by atoms with E-state index in [2.05, 4.69) is 10.4 Å². The Kier molecular flexibility index (Phi) is 4.55. The SMILES string of the molecule is COc1ccccc1NC(=O)c1ccnn1CCC(=O)O. The largest absolute Gasteiger partial charge is 0.495 e. The van der Waals surface area contributed by atoms with E-state index >= 15 is 0 Å². The maximum Gasteiger partial charge on any atom is 0.305 e. The standard InChI is InChI=1S/C14H15N3O4/c1-21-12-5-3-2-4-10(12)16-14(20)11-6-8-15-17(11)9-7-13(18)19/h2-6,8H,7,9H2,1H3,(H,16,20)(H,18,19). The molecule has 7 heteroatoms. The van der Waals surface area contributed by atoms with E-state index < -0.39 is 5.97 Å². The van der Waals surface area contributed by atoms with Gasteiger partial charge in [-0.1, -0.05) is 12.1 Å². The number of carbonyl (C=O) groups is 2. The van der Waals surface area contributed by atoms with Gasteiger partial charge in [0.25, 0.3) is 5.91 Å². The second-order valence-electron chi connectivity index (χ2n) is 4.24. The fourth-order valence-electron chi connectivity index (χ4n) is 1.84. The van der Waals surface area contributed by atoms with Gasteiger partial charge in [-0.2, -0.15) is 5.10 Å². The number of benzene rings is 1. The minimum atomic E-state index is -0.943. The lowest BCUT2D eigenvalue weighted by molar-refractivity contribution is -0.137. The zero-order valence-electron chi connectivity index (χ0n) is 11.4. The van der Waals surface area contributed by atoms with Gasteiger partial charge in [0, 0.05) is 6.20 Å². The zero-order chi connectivity index (χ0) is 15.2. The molecule has 0 radical (unpaired) electrons. The van der Waals surface area contributed by atoms with Gasteiger partial charge in [0.2, 0.25) is 0 Å². The van der Waals surface area contributed by atoms with Crippen LogP contribution in [0.15, 0.2) is 36.5 Å². The number of para-hydroxylation sites is 2. The smallest absolute Gasteiger partial charge is 0.305 e. The van der Waals surface area contributed by atoms with Gasteiger partial charge < -0.3 is 15.2 Å². The van der Waals surface area contributed by atoms with Crippen molar-refractivity contribution in [3.63, 3.8) is 0 Å². The summed E-state index contributed by atoms with van der Waals surface area (Å²) in [7, 11) is 1.52. The highest BCUT2D eigenvalue weighted by Gasteiger charge is 2.14. The molecule has 21 heavy (non-hydrogen) atoms. The molecule has 1 aromatic carbocycles. The van der Waals surface area contributed by atoms with Crippen LogP contribution >= 0.6 is 0 Å². The molecule has 0 saturated carbocycles. The molecular formula is C14H15N3O4. The Morgan fingerprint density at radius 2 is 2.10 bits per heavy atom. The lowest BCUT2D eigenvalue weighted by Gasteiger charge is -2.10. The first-order chi connectivity index (χ1) is 10.1. The van der Waals surface area contributed by atoms with Gasteiger partial charge in [-0.3, -0.25) is 14.3 Å². The fraction of sp³-hybridized carbons (Fsp3) is 0.214. The Hall–Kier alpha value is -2.83. The van der Waals surface area contributed by atoms with Crippen LogP contribution in [0.25, 0.3) is 0 Å². The van der Waals surface area contributed by atoms with E-state index in [9.17, 15) is 9.59 Å². The second kappa shape index (κ2) is 6.56. The number of ether oxygens (including phenoxy) is 1. The van der Waals surface area contributed by atoms with Crippen LogP contribution in [-0.4, -0.2) is 33.9 Å². The third kappa shape index (κ3) is 3.59. The number of aryl methyl sites for hydroxylation is 1. The topological polar surface area (TPSA) is 93.5 Å². The minimum absolute atomic E-state index is 0.101. The number of amides is 1. The maximum absolute atomic E-state index is 12.2. The molecule has 0 aliphatic rings. The van der Waals surface area contributed by atoms with Crippen molar-refractivity contribution in [1.29, 1.82) is 0 Å². The molecule has 0 unspecified atom stereocenters. The van der Waals surface area contributed by atoms with Crippen LogP contribution in [-0.2, 0) is 11.3 Å². The highest BCUT2D eigenvalue weighted by atomic mass is 16.5. The van der Waals surface area contributed by atoms with E-state index in [0.717, 1.165) is 0 Å². The van der Waals surface area contributed by atoms with Crippen molar-refractivity contribution in [1.82, 2.24) is 9.78 Å². The highest BCUT2D eigenvalue weighted by Crippen LogP contribution is 2.23. The molecule has 0 fully saturated rings. The highest BCUT2D eigenvalue weighted by molar-refractivity contribution is 6.03. The van der Waals surface area contributed by atoms with E-state index in [1.807, 2.05) is 0 Å². The van der Waals surface area contributed by atoms with Crippen molar-refractivity contribution in [2.75, 3.05) is 12.4 Å². The number of nitrogens with zero attached hydrogens (tertiary/aromatic N) is 2. The Morgan fingerprint density at radius 1 is 1.33 bits per heavy atom. The van der Waals surface area contributed by atoms with Gasteiger partial charge in [-0.05, 0) is 18.2 Å². The monoisotopic (exact) mass is 289 g/mol. The lowest BCUT2D eigenvalue weighted by atomic mass is 10.2. The number of carboxylic acid groups (broad SMARTS) is 1. The molecule has 2 rings (SSSR count). The number of nitrogens with one attached hydrogen (secondary N) is 1. The van der Waals surface area contributed by atoms with E-state index in [0.29, 0.717) is 17.1 Å². The molecule has 1 aromatic heterocycles. The van der Waals surface area contributed by atoms with Crippen molar-refractivity contribution in [3.8, 4) is 5.75 Å². The van der Waals surface area contributed by atoms with Crippen molar-refractivity contribution in [2.45, 2.75) is 13.0 Å². The van der Waals surface area contributed by atoms with Crippen LogP contribution in [0, 0.1) is 0 Å². The third-order valence-electron chi connectivity index (χ3n) is 2.84. The summed E-state index contributed by atoms with van der Waals surface area (Å²) in [5, 5.41) is 15.4. The molecule has 2 aromatic rings. The van der Waals surface area contributed by atoms with Crippen LogP contribution in [0.1, 0.15) is 16.9 Å². The normalized spacial score (nSPS) is 10.1. The van der Waals surface area contributed by atoms with Crippen LogP contribution in [0.5, 0.6) is 5.75 Å². The van der Waals surface area contributed by atoms with Crippen LogP contribution < -0.4 is 10.1 Å². The van der Waals surface area contributed by atoms with Crippen LogP contribution in [0.2, 0.25) is 0 Å². The van der Waals surface area contributed by atoms with E-state index in [1.165, 1.54) is 24.1 Å². The molecule has 0 aliphatic heterocycles. The maximum atomic E-state index is 12.2. The first-order valence-corrected chi connectivity index (χ1v) is 6.30. The number of methoxy groups -OCH3 is 1. The Balaban J connectivity index is 2.14. The van der Waals surface area contributed by atoms with Crippen molar-refractivity contribution in [3.05, 3.63) is 42.2 Å². The summed E-state index contributed by atoms with van der Waals surface area (Å²) in [6.45, 7) is 0.136. The molecule has 0 atom stereocenters. The van der Waals surface area contributed by atoms with Gasteiger partial charge >= 0.3 is 5.97 Å². The van der Waals surface area contributed by atoms with Crippen LogP contribution in [0.3, 0.4) is 0 Å². The van der Waals surface area contributed by atoms with Gasteiger partial charge in [0.15, 0.2) is 0 Å². The van der Waals surface area contributed by atoms with Crippen molar-refractivity contribution < 1.29 is 19.4 Å². The number of aromatic nitrogens is 2. The summed E-state index contributed by atoms with van der Waals surface area (Å²) in [6.07, 6.45) is 1.36. The summed E-state index contributed by atoms with van der Waals surface area (Å²) in [5.41, 5.74) is 0.832. The summed E-state index contributed by atoms with van der Waals surface area (Å²) >= 11 is 0. The Labute approximate surface area is 121 Å². The summed E-state index contributed by atoms with van der Waals surface area (Å²) in [4.78, 5) is 22.8. The predicted octanol–water partition coefficient (Wildman–Crippen LogP) is 1.62. The Bertz CT molecular complexity index is 651.